The topological polar surface area (TPSA) is 40.9 Å². The summed E-state index contributed by atoms with van der Waals surface area (Å²) in [5.41, 5.74) is 2.94. The van der Waals surface area contributed by atoms with E-state index in [-0.39, 0.29) is 0 Å². The summed E-state index contributed by atoms with van der Waals surface area (Å²) in [6.45, 7) is 0. The number of hydrogen-bond donors (Lipinski definition) is 0. The van der Waals surface area contributed by atoms with E-state index in [1.165, 1.54) is 4.90 Å². The van der Waals surface area contributed by atoms with Gasteiger partial charge in [-0.15, -0.1) is 22.0 Å². The molecule has 0 atom stereocenters. The molecule has 1 aromatic heterocycles. The van der Waals surface area contributed by atoms with Crippen LogP contribution < -0.4 is 4.90 Å². The van der Waals surface area contributed by atoms with Crippen LogP contribution in [-0.4, -0.2) is 25.3 Å². The van der Waals surface area contributed by atoms with Crippen molar-refractivity contribution in [1.82, 2.24) is 4.98 Å². The fraction of sp³-hybridized carbons (Fsp3) is 0.188. The molecule has 0 aliphatic carbocycles. The first-order chi connectivity index (χ1) is 10.7. The third kappa shape index (κ3) is 3.28. The summed E-state index contributed by atoms with van der Waals surface area (Å²) in [5, 5.41) is 9.20. The molecule has 0 N–H and O–H groups in total. The zero-order chi connectivity index (χ0) is 15.5. The van der Waals surface area contributed by atoms with Gasteiger partial charge in [0.05, 0.1) is 15.9 Å². The zero-order valence-electron chi connectivity index (χ0n) is 12.6. The maximum absolute atomic E-state index is 4.49. The molecule has 0 aliphatic heterocycles. The lowest BCUT2D eigenvalue weighted by Gasteiger charge is -2.11. The van der Waals surface area contributed by atoms with Crippen molar-refractivity contribution in [3.05, 3.63) is 42.5 Å². The van der Waals surface area contributed by atoms with Gasteiger partial charge in [0.1, 0.15) is 0 Å². The van der Waals surface area contributed by atoms with Crippen molar-refractivity contribution in [1.29, 1.82) is 0 Å². The highest BCUT2D eigenvalue weighted by molar-refractivity contribution is 7.98. The molecule has 0 saturated heterocycles. The van der Waals surface area contributed by atoms with E-state index in [0.29, 0.717) is 5.13 Å². The number of hydrogen-bond acceptors (Lipinski definition) is 6. The third-order valence-corrected chi connectivity index (χ3v) is 4.83. The number of benzene rings is 2. The van der Waals surface area contributed by atoms with Crippen LogP contribution in [-0.2, 0) is 0 Å². The highest BCUT2D eigenvalue weighted by atomic mass is 32.2. The molecule has 0 bridgehead atoms. The Morgan fingerprint density at radius 2 is 1.82 bits per heavy atom. The van der Waals surface area contributed by atoms with Crippen LogP contribution in [0.2, 0.25) is 0 Å². The number of anilines is 1. The lowest BCUT2D eigenvalue weighted by atomic mass is 10.3. The molecule has 0 amide bonds. The highest BCUT2D eigenvalue weighted by Crippen LogP contribution is 2.32. The lowest BCUT2D eigenvalue weighted by Crippen LogP contribution is -2.07. The van der Waals surface area contributed by atoms with Crippen molar-refractivity contribution >= 4 is 49.8 Å². The van der Waals surface area contributed by atoms with E-state index >= 15 is 0 Å². The fourth-order valence-electron chi connectivity index (χ4n) is 1.98. The van der Waals surface area contributed by atoms with Crippen molar-refractivity contribution in [2.24, 2.45) is 10.2 Å². The van der Waals surface area contributed by atoms with Crippen molar-refractivity contribution in [2.45, 2.75) is 4.90 Å². The quantitative estimate of drug-likeness (QED) is 0.469. The Morgan fingerprint density at radius 3 is 2.50 bits per heavy atom. The van der Waals surface area contributed by atoms with Crippen molar-refractivity contribution < 1.29 is 0 Å². The first kappa shape index (κ1) is 15.0. The first-order valence-electron chi connectivity index (χ1n) is 6.79. The second-order valence-corrected chi connectivity index (χ2v) is 6.83. The van der Waals surface area contributed by atoms with Crippen molar-refractivity contribution in [3.63, 3.8) is 0 Å². The van der Waals surface area contributed by atoms with Gasteiger partial charge in [-0.1, -0.05) is 11.3 Å². The molecule has 0 spiro atoms. The maximum Gasteiger partial charge on any atom is 0.231 e. The molecular formula is C16H16N4S2. The lowest BCUT2D eigenvalue weighted by molar-refractivity contribution is 1.13. The summed E-state index contributed by atoms with van der Waals surface area (Å²) in [7, 11) is 4.03. The fourth-order valence-corrected chi connectivity index (χ4v) is 3.32. The molecule has 0 radical (unpaired) electrons. The standard InChI is InChI=1S/C16H16N4S2/c1-20(2)12-6-4-11(5-7-12)18-19-16-17-14-9-8-13(21-3)10-15(14)22-16/h4-10H,1-3H3. The van der Waals surface area contributed by atoms with E-state index in [1.54, 1.807) is 23.1 Å². The van der Waals surface area contributed by atoms with Gasteiger partial charge >= 0.3 is 0 Å². The summed E-state index contributed by atoms with van der Waals surface area (Å²) in [4.78, 5) is 7.78. The molecule has 0 saturated carbocycles. The second-order valence-electron chi connectivity index (χ2n) is 4.94. The van der Waals surface area contributed by atoms with Crippen LogP contribution in [0.3, 0.4) is 0 Å². The Labute approximate surface area is 137 Å². The van der Waals surface area contributed by atoms with Crippen LogP contribution in [0.25, 0.3) is 10.2 Å². The van der Waals surface area contributed by atoms with Crippen LogP contribution in [0.15, 0.2) is 57.6 Å². The minimum atomic E-state index is 0.685. The predicted molar refractivity (Wildman–Crippen MR) is 96.3 cm³/mol. The first-order valence-corrected chi connectivity index (χ1v) is 8.83. The van der Waals surface area contributed by atoms with Crippen molar-refractivity contribution in [3.8, 4) is 0 Å². The highest BCUT2D eigenvalue weighted by Gasteiger charge is 2.04. The molecule has 0 fully saturated rings. The van der Waals surface area contributed by atoms with E-state index in [4.69, 9.17) is 0 Å². The number of rotatable bonds is 4. The molecule has 4 nitrogen and oxygen atoms in total. The summed E-state index contributed by atoms with van der Waals surface area (Å²) in [6, 6.07) is 14.2. The molecular weight excluding hydrogens is 312 g/mol. The number of thiazole rings is 1. The van der Waals surface area contributed by atoms with Crippen LogP contribution >= 0.6 is 23.1 Å². The Balaban J connectivity index is 1.82. The molecule has 6 heteroatoms. The molecule has 0 unspecified atom stereocenters. The van der Waals surface area contributed by atoms with E-state index < -0.39 is 0 Å². The molecule has 3 rings (SSSR count). The smallest absolute Gasteiger partial charge is 0.231 e. The van der Waals surface area contributed by atoms with E-state index in [0.717, 1.165) is 21.6 Å². The monoisotopic (exact) mass is 328 g/mol. The second kappa shape index (κ2) is 6.46. The minimum Gasteiger partial charge on any atom is -0.378 e. The largest absolute Gasteiger partial charge is 0.378 e. The van der Waals surface area contributed by atoms with Crippen molar-refractivity contribution in [2.75, 3.05) is 25.3 Å². The van der Waals surface area contributed by atoms with Gasteiger partial charge in [0, 0.05) is 24.7 Å². The number of aromatic nitrogens is 1. The molecule has 22 heavy (non-hydrogen) atoms. The van der Waals surface area contributed by atoms with Gasteiger partial charge in [0.25, 0.3) is 0 Å². The predicted octanol–water partition coefficient (Wildman–Crippen LogP) is 5.50. The van der Waals surface area contributed by atoms with E-state index in [2.05, 4.69) is 38.5 Å². The summed E-state index contributed by atoms with van der Waals surface area (Å²) >= 11 is 3.29. The SMILES string of the molecule is CSc1ccc2nc(N=Nc3ccc(N(C)C)cc3)sc2c1. The summed E-state index contributed by atoms with van der Waals surface area (Å²) < 4.78 is 1.14. The molecule has 0 aliphatic rings. The number of azo groups is 1. The molecule has 112 valence electrons. The Kier molecular flexibility index (Phi) is 4.40. The maximum atomic E-state index is 4.49. The molecule has 2 aromatic carbocycles. The number of nitrogens with zero attached hydrogens (tertiary/aromatic N) is 4. The van der Waals surface area contributed by atoms with Gasteiger partial charge in [-0.25, -0.2) is 4.98 Å². The van der Waals surface area contributed by atoms with E-state index in [9.17, 15) is 0 Å². The van der Waals surface area contributed by atoms with E-state index in [1.807, 2.05) is 44.4 Å². The van der Waals surface area contributed by atoms with Gasteiger partial charge in [-0.2, -0.15) is 0 Å². The normalized spacial score (nSPS) is 11.4. The van der Waals surface area contributed by atoms with Gasteiger partial charge in [-0.3, -0.25) is 0 Å². The van der Waals surface area contributed by atoms with Gasteiger partial charge < -0.3 is 4.90 Å². The minimum absolute atomic E-state index is 0.685. The number of fused-ring (bicyclic) bond motifs is 1. The van der Waals surface area contributed by atoms with Gasteiger partial charge in [0.15, 0.2) is 0 Å². The van der Waals surface area contributed by atoms with Gasteiger partial charge in [-0.05, 0) is 48.7 Å². The van der Waals surface area contributed by atoms with Crippen LogP contribution in [0.5, 0.6) is 0 Å². The number of thioether (sulfide) groups is 1. The summed E-state index contributed by atoms with van der Waals surface area (Å²) in [5.74, 6) is 0. The average Bonchev–Trinajstić information content (AvgIpc) is 2.95. The van der Waals surface area contributed by atoms with Crippen LogP contribution in [0.4, 0.5) is 16.5 Å². The summed E-state index contributed by atoms with van der Waals surface area (Å²) in [6.07, 6.45) is 2.07. The Bertz CT molecular complexity index is 807. The third-order valence-electron chi connectivity index (χ3n) is 3.20. The zero-order valence-corrected chi connectivity index (χ0v) is 14.3. The van der Waals surface area contributed by atoms with Crippen LogP contribution in [0.1, 0.15) is 0 Å². The molecule has 3 aromatic rings. The Hall–Kier alpha value is -1.92. The van der Waals surface area contributed by atoms with Gasteiger partial charge in [0.2, 0.25) is 5.13 Å². The Morgan fingerprint density at radius 1 is 1.05 bits per heavy atom. The van der Waals surface area contributed by atoms with Crippen LogP contribution in [0, 0.1) is 0 Å². The average molecular weight is 328 g/mol. The molecule has 1 heterocycles.